The van der Waals surface area contributed by atoms with Gasteiger partial charge in [-0.25, -0.2) is 14.5 Å². The van der Waals surface area contributed by atoms with E-state index in [1.54, 1.807) is 49.4 Å². The Balaban J connectivity index is 1.48. The Kier molecular flexibility index (Phi) is 7.33. The van der Waals surface area contributed by atoms with Crippen molar-refractivity contribution in [2.75, 3.05) is 33.3 Å². The van der Waals surface area contributed by atoms with Crippen LogP contribution < -0.4 is 19.5 Å². The van der Waals surface area contributed by atoms with Crippen LogP contribution in [0.15, 0.2) is 54.9 Å². The average molecular weight is 491 g/mol. The van der Waals surface area contributed by atoms with Gasteiger partial charge in [0.1, 0.15) is 17.2 Å². The van der Waals surface area contributed by atoms with Crippen molar-refractivity contribution >= 4 is 28.6 Å². The van der Waals surface area contributed by atoms with Crippen LogP contribution >= 0.6 is 0 Å². The van der Waals surface area contributed by atoms with Crippen molar-refractivity contribution in [1.29, 1.82) is 0 Å². The van der Waals surface area contributed by atoms with E-state index in [1.807, 2.05) is 25.1 Å². The topological polar surface area (TPSA) is 114 Å². The van der Waals surface area contributed by atoms with Gasteiger partial charge in [0.05, 0.1) is 39.6 Å². The first-order valence-corrected chi connectivity index (χ1v) is 11.1. The first-order chi connectivity index (χ1) is 17.4. The number of nitrogens with one attached hydrogen (secondary N) is 1. The van der Waals surface area contributed by atoms with Crippen molar-refractivity contribution in [1.82, 2.24) is 14.8 Å². The minimum absolute atomic E-state index is 0.188. The lowest BCUT2D eigenvalue weighted by molar-refractivity contribution is -0.142. The van der Waals surface area contributed by atoms with Crippen LogP contribution in [0.4, 0.5) is 5.69 Å². The standard InChI is InChI=1S/C26H26N4O6/c1-16-9-21(36-15-24(31)35-4)7-8-22(16)29-26(32)19-10-18-13-28-30(25(18)27-12-19)14-17-5-6-20(33-2)11-23(17)34-3/h5-13H,14-15H2,1-4H3,(H,29,32). The summed E-state index contributed by atoms with van der Waals surface area (Å²) in [5, 5.41) is 8.06. The summed E-state index contributed by atoms with van der Waals surface area (Å²) >= 11 is 0. The Morgan fingerprint density at radius 1 is 0.972 bits per heavy atom. The molecule has 0 spiro atoms. The molecule has 2 heterocycles. The van der Waals surface area contributed by atoms with Crippen molar-refractivity contribution < 1.29 is 28.5 Å². The Morgan fingerprint density at radius 2 is 1.78 bits per heavy atom. The lowest BCUT2D eigenvalue weighted by Crippen LogP contribution is -2.14. The second kappa shape index (κ2) is 10.8. The highest BCUT2D eigenvalue weighted by Crippen LogP contribution is 2.26. The number of methoxy groups -OCH3 is 3. The first-order valence-electron chi connectivity index (χ1n) is 11.1. The number of carbonyl (C=O) groups is 2. The van der Waals surface area contributed by atoms with Crippen LogP contribution in [0.25, 0.3) is 11.0 Å². The van der Waals surface area contributed by atoms with E-state index in [0.29, 0.717) is 40.7 Å². The number of aryl methyl sites for hydroxylation is 1. The van der Waals surface area contributed by atoms with E-state index in [-0.39, 0.29) is 12.5 Å². The van der Waals surface area contributed by atoms with E-state index in [9.17, 15) is 9.59 Å². The number of hydrogen-bond acceptors (Lipinski definition) is 8. The molecule has 0 radical (unpaired) electrons. The molecule has 0 saturated heterocycles. The molecule has 0 unspecified atom stereocenters. The van der Waals surface area contributed by atoms with Crippen molar-refractivity contribution in [3.05, 3.63) is 71.5 Å². The fourth-order valence-corrected chi connectivity index (χ4v) is 3.62. The highest BCUT2D eigenvalue weighted by atomic mass is 16.6. The van der Waals surface area contributed by atoms with Gasteiger partial charge in [0.25, 0.3) is 5.91 Å². The number of amides is 1. The SMILES string of the molecule is COC(=O)COc1ccc(NC(=O)c2cnc3c(cnn3Cc3ccc(OC)cc3OC)c2)c(C)c1. The summed E-state index contributed by atoms with van der Waals surface area (Å²) in [4.78, 5) is 28.6. The van der Waals surface area contributed by atoms with Gasteiger partial charge < -0.3 is 24.3 Å². The van der Waals surface area contributed by atoms with Gasteiger partial charge in [-0.05, 0) is 48.9 Å². The molecule has 1 amide bonds. The number of nitrogens with zero attached hydrogens (tertiary/aromatic N) is 3. The van der Waals surface area contributed by atoms with Crippen LogP contribution in [0, 0.1) is 6.92 Å². The third-order valence-electron chi connectivity index (χ3n) is 5.58. The van der Waals surface area contributed by atoms with E-state index >= 15 is 0 Å². The maximum absolute atomic E-state index is 12.9. The summed E-state index contributed by atoms with van der Waals surface area (Å²) in [6, 6.07) is 12.5. The van der Waals surface area contributed by atoms with E-state index in [4.69, 9.17) is 14.2 Å². The quantitative estimate of drug-likeness (QED) is 0.354. The minimum atomic E-state index is -0.473. The third kappa shape index (κ3) is 5.38. The summed E-state index contributed by atoms with van der Waals surface area (Å²) < 4.78 is 22.4. The van der Waals surface area contributed by atoms with Crippen LogP contribution in [0.2, 0.25) is 0 Å². The molecule has 4 aromatic rings. The van der Waals surface area contributed by atoms with Gasteiger partial charge in [-0.2, -0.15) is 5.10 Å². The molecule has 0 aliphatic carbocycles. The molecule has 0 aliphatic rings. The summed E-state index contributed by atoms with van der Waals surface area (Å²) in [5.74, 6) is 1.11. The van der Waals surface area contributed by atoms with Gasteiger partial charge in [-0.15, -0.1) is 0 Å². The van der Waals surface area contributed by atoms with Crippen LogP contribution in [0.1, 0.15) is 21.5 Å². The van der Waals surface area contributed by atoms with Gasteiger partial charge in [0.2, 0.25) is 0 Å². The number of benzene rings is 2. The van der Waals surface area contributed by atoms with Gasteiger partial charge in [0, 0.05) is 28.9 Å². The maximum Gasteiger partial charge on any atom is 0.343 e. The second-order valence-electron chi connectivity index (χ2n) is 7.91. The molecular weight excluding hydrogens is 464 g/mol. The Hall–Kier alpha value is -4.60. The Labute approximate surface area is 207 Å². The second-order valence-corrected chi connectivity index (χ2v) is 7.91. The van der Waals surface area contributed by atoms with Gasteiger partial charge in [-0.1, -0.05) is 0 Å². The van der Waals surface area contributed by atoms with E-state index in [0.717, 1.165) is 16.5 Å². The minimum Gasteiger partial charge on any atom is -0.497 e. The zero-order valence-electron chi connectivity index (χ0n) is 20.4. The molecule has 1 N–H and O–H groups in total. The number of hydrogen-bond donors (Lipinski definition) is 1. The normalized spacial score (nSPS) is 10.7. The van der Waals surface area contributed by atoms with Crippen molar-refractivity contribution in [2.45, 2.75) is 13.5 Å². The molecule has 0 bridgehead atoms. The van der Waals surface area contributed by atoms with Crippen LogP contribution in [0.5, 0.6) is 17.2 Å². The fraction of sp³-hybridized carbons (Fsp3) is 0.231. The predicted molar refractivity (Wildman–Crippen MR) is 133 cm³/mol. The molecule has 36 heavy (non-hydrogen) atoms. The van der Waals surface area contributed by atoms with Crippen LogP contribution in [0.3, 0.4) is 0 Å². The van der Waals surface area contributed by atoms with Crippen LogP contribution in [-0.2, 0) is 16.1 Å². The number of carbonyl (C=O) groups excluding carboxylic acids is 2. The zero-order chi connectivity index (χ0) is 25.7. The smallest absolute Gasteiger partial charge is 0.343 e. The molecule has 2 aromatic carbocycles. The number of ether oxygens (including phenoxy) is 4. The predicted octanol–water partition coefficient (Wildman–Crippen LogP) is 3.61. The average Bonchev–Trinajstić information content (AvgIpc) is 3.30. The summed E-state index contributed by atoms with van der Waals surface area (Å²) in [5.41, 5.74) is 3.36. The molecule has 4 rings (SSSR count). The Morgan fingerprint density at radius 3 is 2.50 bits per heavy atom. The zero-order valence-corrected chi connectivity index (χ0v) is 20.4. The van der Waals surface area contributed by atoms with E-state index < -0.39 is 5.97 Å². The van der Waals surface area contributed by atoms with E-state index in [2.05, 4.69) is 20.1 Å². The lowest BCUT2D eigenvalue weighted by atomic mass is 10.1. The molecule has 10 nitrogen and oxygen atoms in total. The van der Waals surface area contributed by atoms with Crippen molar-refractivity contribution in [2.24, 2.45) is 0 Å². The molecule has 0 atom stereocenters. The largest absolute Gasteiger partial charge is 0.497 e. The molecule has 2 aromatic heterocycles. The maximum atomic E-state index is 12.9. The molecule has 0 aliphatic heterocycles. The number of rotatable bonds is 9. The monoisotopic (exact) mass is 490 g/mol. The van der Waals surface area contributed by atoms with Gasteiger partial charge in [-0.3, -0.25) is 4.79 Å². The number of fused-ring (bicyclic) bond motifs is 1. The number of anilines is 1. The fourth-order valence-electron chi connectivity index (χ4n) is 3.62. The first kappa shape index (κ1) is 24.5. The summed E-state index contributed by atoms with van der Waals surface area (Å²) in [6.45, 7) is 2.09. The van der Waals surface area contributed by atoms with E-state index in [1.165, 1.54) is 13.3 Å². The number of aromatic nitrogens is 3. The number of esters is 1. The van der Waals surface area contributed by atoms with Crippen molar-refractivity contribution in [3.63, 3.8) is 0 Å². The summed E-state index contributed by atoms with van der Waals surface area (Å²) in [6.07, 6.45) is 3.19. The highest BCUT2D eigenvalue weighted by Gasteiger charge is 2.14. The van der Waals surface area contributed by atoms with Gasteiger partial charge >= 0.3 is 5.97 Å². The van der Waals surface area contributed by atoms with Crippen molar-refractivity contribution in [3.8, 4) is 17.2 Å². The third-order valence-corrected chi connectivity index (χ3v) is 5.58. The summed E-state index contributed by atoms with van der Waals surface area (Å²) in [7, 11) is 4.50. The molecule has 10 heteroatoms. The highest BCUT2D eigenvalue weighted by molar-refractivity contribution is 6.06. The molecule has 0 saturated carbocycles. The van der Waals surface area contributed by atoms with Crippen LogP contribution in [-0.4, -0.2) is 54.6 Å². The molecular formula is C26H26N4O6. The van der Waals surface area contributed by atoms with Gasteiger partial charge in [0.15, 0.2) is 12.3 Å². The molecule has 0 fully saturated rings. The number of pyridine rings is 1. The lowest BCUT2D eigenvalue weighted by Gasteiger charge is -2.12. The Bertz CT molecular complexity index is 1420. The molecule has 186 valence electrons.